The topological polar surface area (TPSA) is 83.8 Å². The molecule has 1 fully saturated rings. The van der Waals surface area contributed by atoms with E-state index in [1.54, 1.807) is 29.0 Å². The number of benzene rings is 1. The van der Waals surface area contributed by atoms with E-state index in [0.29, 0.717) is 30.8 Å². The summed E-state index contributed by atoms with van der Waals surface area (Å²) in [5, 5.41) is 11.2. The molecule has 0 aromatic heterocycles. The van der Waals surface area contributed by atoms with Crippen molar-refractivity contribution in [3.05, 3.63) is 33.9 Å². The van der Waals surface area contributed by atoms with Crippen molar-refractivity contribution in [3.8, 4) is 0 Å². The van der Waals surface area contributed by atoms with E-state index in [4.69, 9.17) is 0 Å². The van der Waals surface area contributed by atoms with Crippen molar-refractivity contribution >= 4 is 23.1 Å². The summed E-state index contributed by atoms with van der Waals surface area (Å²) >= 11 is 0. The molecule has 7 heteroatoms. The Morgan fingerprint density at radius 1 is 1.45 bits per heavy atom. The number of likely N-dealkylation sites (N-methyl/N-ethyl adjacent to an activating group) is 1. The Bertz CT molecular complexity index is 615. The van der Waals surface area contributed by atoms with Gasteiger partial charge in [0.15, 0.2) is 5.78 Å². The molecule has 0 bridgehead atoms. The van der Waals surface area contributed by atoms with Crippen molar-refractivity contribution in [2.45, 2.75) is 19.8 Å². The maximum Gasteiger partial charge on any atom is 0.293 e. The molecule has 118 valence electrons. The van der Waals surface area contributed by atoms with Gasteiger partial charge in [-0.3, -0.25) is 19.7 Å². The van der Waals surface area contributed by atoms with Gasteiger partial charge in [0.05, 0.1) is 4.92 Å². The molecule has 0 unspecified atom stereocenters. The summed E-state index contributed by atoms with van der Waals surface area (Å²) in [5.74, 6) is -0.0743. The first-order valence-electron chi connectivity index (χ1n) is 7.18. The lowest BCUT2D eigenvalue weighted by atomic mass is 10.1. The van der Waals surface area contributed by atoms with Crippen molar-refractivity contribution in [2.24, 2.45) is 0 Å². The molecule has 2 rings (SSSR count). The minimum Gasteiger partial charge on any atom is -0.367 e. The summed E-state index contributed by atoms with van der Waals surface area (Å²) in [6.07, 6.45) is 1.45. The highest BCUT2D eigenvalue weighted by Crippen LogP contribution is 2.28. The van der Waals surface area contributed by atoms with Crippen LogP contribution in [0.3, 0.4) is 0 Å². The minimum absolute atomic E-state index is 0.0945. The number of nitro groups is 1. The van der Waals surface area contributed by atoms with Gasteiger partial charge in [-0.15, -0.1) is 0 Å². The monoisotopic (exact) mass is 305 g/mol. The molecule has 7 nitrogen and oxygen atoms in total. The van der Waals surface area contributed by atoms with Gasteiger partial charge < -0.3 is 9.80 Å². The number of hydrogen-bond donors (Lipinski definition) is 0. The average molecular weight is 305 g/mol. The van der Waals surface area contributed by atoms with Crippen LogP contribution < -0.4 is 4.90 Å². The first-order valence-corrected chi connectivity index (χ1v) is 7.18. The van der Waals surface area contributed by atoms with E-state index in [1.807, 2.05) is 0 Å². The average Bonchev–Trinajstić information content (AvgIpc) is 2.89. The van der Waals surface area contributed by atoms with Gasteiger partial charge in [-0.25, -0.2) is 0 Å². The number of anilines is 1. The Hall–Kier alpha value is -2.44. The molecule has 0 spiro atoms. The third-order valence-corrected chi connectivity index (χ3v) is 3.87. The highest BCUT2D eigenvalue weighted by atomic mass is 16.6. The second-order valence-corrected chi connectivity index (χ2v) is 5.42. The molecule has 1 aromatic rings. The molecule has 0 N–H and O–H groups in total. The molecule has 1 saturated heterocycles. The van der Waals surface area contributed by atoms with Gasteiger partial charge in [0.2, 0.25) is 5.91 Å². The molecular weight excluding hydrogens is 286 g/mol. The number of ketones is 1. The number of carbonyl (C=O) groups is 2. The Balaban J connectivity index is 2.14. The van der Waals surface area contributed by atoms with Crippen molar-refractivity contribution in [2.75, 3.05) is 31.6 Å². The predicted molar refractivity (Wildman–Crippen MR) is 82.2 cm³/mol. The highest BCUT2D eigenvalue weighted by molar-refractivity contribution is 5.95. The molecule has 22 heavy (non-hydrogen) atoms. The summed E-state index contributed by atoms with van der Waals surface area (Å²) < 4.78 is 0. The van der Waals surface area contributed by atoms with Crippen LogP contribution in [0.5, 0.6) is 0 Å². The van der Waals surface area contributed by atoms with Crippen molar-refractivity contribution < 1.29 is 14.5 Å². The lowest BCUT2D eigenvalue weighted by molar-refractivity contribution is -0.384. The number of nitrogens with zero attached hydrogens (tertiary/aromatic N) is 3. The lowest BCUT2D eigenvalue weighted by Crippen LogP contribution is -2.34. The zero-order valence-electron chi connectivity index (χ0n) is 12.7. The summed E-state index contributed by atoms with van der Waals surface area (Å²) in [6, 6.07) is 4.47. The zero-order chi connectivity index (χ0) is 16.3. The molecule has 0 radical (unpaired) electrons. The van der Waals surface area contributed by atoms with E-state index in [9.17, 15) is 19.7 Å². The number of Topliss-reactive ketones (excluding diaryl/α,β-unsaturated/α-hetero) is 1. The van der Waals surface area contributed by atoms with E-state index in [0.717, 1.165) is 13.0 Å². The van der Waals surface area contributed by atoms with Gasteiger partial charge in [0.1, 0.15) is 5.69 Å². The smallest absolute Gasteiger partial charge is 0.293 e. The third kappa shape index (κ3) is 3.41. The first kappa shape index (κ1) is 15.9. The Morgan fingerprint density at radius 2 is 2.18 bits per heavy atom. The van der Waals surface area contributed by atoms with Crippen molar-refractivity contribution in [3.63, 3.8) is 0 Å². The van der Waals surface area contributed by atoms with Gasteiger partial charge in [0.25, 0.3) is 5.69 Å². The van der Waals surface area contributed by atoms with E-state index in [2.05, 4.69) is 0 Å². The van der Waals surface area contributed by atoms with Crippen LogP contribution in [-0.2, 0) is 4.79 Å². The van der Waals surface area contributed by atoms with E-state index in [-0.39, 0.29) is 17.4 Å². The second-order valence-electron chi connectivity index (χ2n) is 5.42. The molecule has 0 saturated carbocycles. The molecular formula is C15H19N3O4. The van der Waals surface area contributed by atoms with Crippen LogP contribution in [0.25, 0.3) is 0 Å². The van der Waals surface area contributed by atoms with E-state index >= 15 is 0 Å². The standard InChI is InChI=1S/C15H19N3O4/c1-11(19)12-5-6-13(14(10-12)18(21)22)16(2)8-9-17-7-3-4-15(17)20/h5-6,10H,3-4,7-9H2,1-2H3. The number of hydrogen-bond acceptors (Lipinski definition) is 5. The number of rotatable bonds is 6. The summed E-state index contributed by atoms with van der Waals surface area (Å²) in [5.41, 5.74) is 0.670. The molecule has 1 heterocycles. The lowest BCUT2D eigenvalue weighted by Gasteiger charge is -2.23. The second kappa shape index (κ2) is 6.55. The molecule has 0 atom stereocenters. The van der Waals surface area contributed by atoms with Gasteiger partial charge in [-0.05, 0) is 25.5 Å². The SMILES string of the molecule is CC(=O)c1ccc(N(C)CCN2CCCC2=O)c([N+](=O)[O-])c1. The molecule has 0 aliphatic carbocycles. The Labute approximate surface area is 128 Å². The molecule has 1 amide bonds. The van der Waals surface area contributed by atoms with E-state index in [1.165, 1.54) is 13.0 Å². The van der Waals surface area contributed by atoms with Gasteiger partial charge in [-0.2, -0.15) is 0 Å². The minimum atomic E-state index is -0.487. The largest absolute Gasteiger partial charge is 0.367 e. The zero-order valence-corrected chi connectivity index (χ0v) is 12.7. The number of nitro benzene ring substituents is 1. The van der Waals surface area contributed by atoms with Gasteiger partial charge in [0, 0.05) is 44.7 Å². The van der Waals surface area contributed by atoms with Crippen LogP contribution >= 0.6 is 0 Å². The fourth-order valence-electron chi connectivity index (χ4n) is 2.54. The Kier molecular flexibility index (Phi) is 4.75. The van der Waals surface area contributed by atoms with Crippen LogP contribution in [0.2, 0.25) is 0 Å². The molecule has 1 aliphatic rings. The third-order valence-electron chi connectivity index (χ3n) is 3.87. The predicted octanol–water partition coefficient (Wildman–Crippen LogP) is 1.86. The van der Waals surface area contributed by atoms with Crippen LogP contribution in [0, 0.1) is 10.1 Å². The number of carbonyl (C=O) groups excluding carboxylic acids is 2. The maximum atomic E-state index is 11.6. The number of likely N-dealkylation sites (tertiary alicyclic amines) is 1. The van der Waals surface area contributed by atoms with Crippen LogP contribution in [0.4, 0.5) is 11.4 Å². The van der Waals surface area contributed by atoms with Gasteiger partial charge >= 0.3 is 0 Å². The van der Waals surface area contributed by atoms with Crippen LogP contribution in [0.15, 0.2) is 18.2 Å². The first-order chi connectivity index (χ1) is 10.4. The van der Waals surface area contributed by atoms with Crippen molar-refractivity contribution in [1.29, 1.82) is 0 Å². The van der Waals surface area contributed by atoms with Crippen LogP contribution in [-0.4, -0.2) is 48.2 Å². The molecule has 1 aliphatic heterocycles. The van der Waals surface area contributed by atoms with Gasteiger partial charge in [-0.1, -0.05) is 0 Å². The fourth-order valence-corrected chi connectivity index (χ4v) is 2.54. The maximum absolute atomic E-state index is 11.6. The summed E-state index contributed by atoms with van der Waals surface area (Å²) in [4.78, 5) is 37.2. The molecule has 1 aromatic carbocycles. The Morgan fingerprint density at radius 3 is 2.73 bits per heavy atom. The number of amides is 1. The fraction of sp³-hybridized carbons (Fsp3) is 0.467. The normalized spacial score (nSPS) is 14.3. The quantitative estimate of drug-likeness (QED) is 0.455. The van der Waals surface area contributed by atoms with Crippen molar-refractivity contribution in [1.82, 2.24) is 4.90 Å². The highest BCUT2D eigenvalue weighted by Gasteiger charge is 2.22. The summed E-state index contributed by atoms with van der Waals surface area (Å²) in [6.45, 7) is 3.17. The summed E-state index contributed by atoms with van der Waals surface area (Å²) in [7, 11) is 1.75. The van der Waals surface area contributed by atoms with Crippen LogP contribution in [0.1, 0.15) is 30.1 Å². The van der Waals surface area contributed by atoms with E-state index < -0.39 is 4.92 Å².